The molecule has 0 saturated carbocycles. The van der Waals surface area contributed by atoms with E-state index in [2.05, 4.69) is 33.9 Å². The van der Waals surface area contributed by atoms with Gasteiger partial charge in [-0.3, -0.25) is 14.4 Å². The number of hydrogen-bond acceptors (Lipinski definition) is 7. The molecule has 1 N–H and O–H groups in total. The average Bonchev–Trinajstić information content (AvgIpc) is 3.39. The third-order valence-electron chi connectivity index (χ3n) is 8.68. The number of amides is 2. The molecule has 9 nitrogen and oxygen atoms in total. The van der Waals surface area contributed by atoms with Gasteiger partial charge in [0.15, 0.2) is 5.82 Å². The first-order valence-electron chi connectivity index (χ1n) is 15.1. The minimum absolute atomic E-state index is 0.0156. The highest BCUT2D eigenvalue weighted by molar-refractivity contribution is 7.15. The van der Waals surface area contributed by atoms with E-state index in [1.807, 2.05) is 56.9 Å². The molecule has 6 rings (SSSR count). The molecule has 43 heavy (non-hydrogen) atoms. The molecule has 2 saturated heterocycles. The molecule has 3 aliphatic rings. The fourth-order valence-corrected chi connectivity index (χ4v) is 8.05. The normalized spacial score (nSPS) is 23.1. The van der Waals surface area contributed by atoms with Crippen LogP contribution in [0.3, 0.4) is 0 Å². The van der Waals surface area contributed by atoms with Crippen molar-refractivity contribution < 1.29 is 14.3 Å². The molecule has 2 fully saturated rings. The van der Waals surface area contributed by atoms with E-state index >= 15 is 0 Å². The molecule has 0 aliphatic carbocycles. The summed E-state index contributed by atoms with van der Waals surface area (Å²) in [6.07, 6.45) is 4.25. The van der Waals surface area contributed by atoms with Gasteiger partial charge in [-0.25, -0.2) is 4.79 Å². The summed E-state index contributed by atoms with van der Waals surface area (Å²) >= 11 is 7.92. The molecule has 2 aromatic heterocycles. The topological polar surface area (TPSA) is 102 Å². The Hall–Kier alpha value is -3.24. The van der Waals surface area contributed by atoms with E-state index in [4.69, 9.17) is 21.3 Å². The maximum atomic E-state index is 13.7. The van der Waals surface area contributed by atoms with Crippen molar-refractivity contribution in [2.75, 3.05) is 0 Å². The molecule has 3 aromatic rings. The van der Waals surface area contributed by atoms with E-state index < -0.39 is 11.6 Å². The molecule has 2 bridgehead atoms. The van der Waals surface area contributed by atoms with Crippen LogP contribution in [-0.4, -0.2) is 61.1 Å². The molecular weight excluding hydrogens is 584 g/mol. The number of thiophene rings is 1. The number of hydrogen-bond donors (Lipinski definition) is 1. The molecule has 11 heteroatoms. The molecule has 3 aliphatic heterocycles. The number of nitrogens with zero attached hydrogens (tertiary/aromatic N) is 5. The maximum Gasteiger partial charge on any atom is 0.410 e. The Balaban J connectivity index is 1.26. The Kier molecular flexibility index (Phi) is 7.87. The van der Waals surface area contributed by atoms with E-state index in [1.165, 1.54) is 4.88 Å². The highest BCUT2D eigenvalue weighted by Gasteiger charge is 2.43. The Bertz CT molecular complexity index is 1570. The molecule has 1 aromatic carbocycles. The summed E-state index contributed by atoms with van der Waals surface area (Å²) in [5.74, 6) is 1.34. The Morgan fingerprint density at radius 2 is 1.74 bits per heavy atom. The Labute approximate surface area is 261 Å². The van der Waals surface area contributed by atoms with Crippen molar-refractivity contribution in [3.8, 4) is 5.00 Å². The number of ether oxygens (including phenoxy) is 1. The zero-order valence-electron chi connectivity index (χ0n) is 25.6. The highest BCUT2D eigenvalue weighted by Crippen LogP contribution is 2.40. The fraction of sp³-hybridized carbons (Fsp3) is 0.531. The molecule has 2 amide bonds. The van der Waals surface area contributed by atoms with Crippen molar-refractivity contribution in [3.63, 3.8) is 0 Å². The first kappa shape index (κ1) is 29.8. The van der Waals surface area contributed by atoms with Crippen molar-refractivity contribution in [2.24, 2.45) is 4.99 Å². The van der Waals surface area contributed by atoms with Crippen LogP contribution in [0.5, 0.6) is 0 Å². The van der Waals surface area contributed by atoms with Crippen molar-refractivity contribution >= 4 is 40.6 Å². The summed E-state index contributed by atoms with van der Waals surface area (Å²) in [5.41, 5.74) is 3.42. The summed E-state index contributed by atoms with van der Waals surface area (Å²) in [6.45, 7) is 11.8. The number of rotatable bonds is 4. The number of benzene rings is 1. The lowest BCUT2D eigenvalue weighted by Gasteiger charge is -2.48. The van der Waals surface area contributed by atoms with Gasteiger partial charge in [0.05, 0.1) is 12.1 Å². The standard InChI is InChI=1S/C32H39ClN6O3S/c1-17-18(2)43-30-27(17)28(20-10-12-21(33)13-11-20)35-25(29-37-36-19(3)38(29)30)16-26(40)34-22-14-23-8-7-9-24(15-22)39(23)31(41)42-32(4,5)6/h10-13,22-25H,7-9,14-16H2,1-6H3,(H,34,40). The Morgan fingerprint density at radius 3 is 2.40 bits per heavy atom. The summed E-state index contributed by atoms with van der Waals surface area (Å²) in [6, 6.07) is 7.28. The van der Waals surface area contributed by atoms with E-state index in [-0.39, 0.29) is 36.5 Å². The van der Waals surface area contributed by atoms with E-state index in [1.54, 1.807) is 11.3 Å². The number of aliphatic imine (C=N–C) groups is 1. The first-order valence-corrected chi connectivity index (χ1v) is 16.3. The number of piperidine rings is 2. The summed E-state index contributed by atoms with van der Waals surface area (Å²) in [7, 11) is 0. The molecular formula is C32H39ClN6O3S. The third kappa shape index (κ3) is 5.83. The monoisotopic (exact) mass is 622 g/mol. The minimum Gasteiger partial charge on any atom is -0.444 e. The van der Waals surface area contributed by atoms with Gasteiger partial charge in [0.1, 0.15) is 22.5 Å². The maximum absolute atomic E-state index is 13.7. The summed E-state index contributed by atoms with van der Waals surface area (Å²) < 4.78 is 7.79. The number of carbonyl (C=O) groups excluding carboxylic acids is 2. The number of nitrogens with one attached hydrogen (secondary N) is 1. The van der Waals surface area contributed by atoms with Crippen LogP contribution >= 0.6 is 22.9 Å². The van der Waals surface area contributed by atoms with Gasteiger partial charge < -0.3 is 15.0 Å². The largest absolute Gasteiger partial charge is 0.444 e. The lowest BCUT2D eigenvalue weighted by atomic mass is 9.82. The van der Waals surface area contributed by atoms with Crippen LogP contribution in [-0.2, 0) is 9.53 Å². The van der Waals surface area contributed by atoms with E-state index in [9.17, 15) is 9.59 Å². The highest BCUT2D eigenvalue weighted by atomic mass is 35.5. The number of halogens is 1. The van der Waals surface area contributed by atoms with Gasteiger partial charge in [-0.2, -0.15) is 0 Å². The van der Waals surface area contributed by atoms with Gasteiger partial charge >= 0.3 is 6.09 Å². The van der Waals surface area contributed by atoms with Gasteiger partial charge in [0, 0.05) is 39.2 Å². The molecule has 0 radical (unpaired) electrons. The number of fused-ring (bicyclic) bond motifs is 5. The van der Waals surface area contributed by atoms with Crippen molar-refractivity contribution in [1.82, 2.24) is 25.0 Å². The van der Waals surface area contributed by atoms with Crippen LogP contribution in [0.2, 0.25) is 5.02 Å². The first-order chi connectivity index (χ1) is 20.4. The van der Waals surface area contributed by atoms with Gasteiger partial charge in [0.25, 0.3) is 0 Å². The molecule has 3 unspecified atom stereocenters. The van der Waals surface area contributed by atoms with Crippen molar-refractivity contribution in [1.29, 1.82) is 0 Å². The molecule has 228 valence electrons. The number of aryl methyl sites for hydroxylation is 2. The van der Waals surface area contributed by atoms with Crippen LogP contribution in [0.25, 0.3) is 5.00 Å². The predicted molar refractivity (Wildman–Crippen MR) is 169 cm³/mol. The minimum atomic E-state index is -0.542. The van der Waals surface area contributed by atoms with Gasteiger partial charge in [-0.05, 0) is 91.3 Å². The predicted octanol–water partition coefficient (Wildman–Crippen LogP) is 6.63. The quantitative estimate of drug-likeness (QED) is 0.352. The summed E-state index contributed by atoms with van der Waals surface area (Å²) in [4.78, 5) is 35.1. The lowest BCUT2D eigenvalue weighted by Crippen LogP contribution is -2.59. The van der Waals surface area contributed by atoms with E-state index in [0.29, 0.717) is 10.8 Å². The molecule has 0 spiro atoms. The zero-order chi connectivity index (χ0) is 30.6. The van der Waals surface area contributed by atoms with Gasteiger partial charge in [-0.15, -0.1) is 21.5 Å². The van der Waals surface area contributed by atoms with Crippen LogP contribution < -0.4 is 5.32 Å². The number of carbonyl (C=O) groups is 2. The fourth-order valence-electron chi connectivity index (χ4n) is 6.71. The van der Waals surface area contributed by atoms with Crippen molar-refractivity contribution in [3.05, 3.63) is 62.5 Å². The van der Waals surface area contributed by atoms with Gasteiger partial charge in [-0.1, -0.05) is 23.7 Å². The Morgan fingerprint density at radius 1 is 1.07 bits per heavy atom. The summed E-state index contributed by atoms with van der Waals surface area (Å²) in [5, 5.41) is 13.9. The van der Waals surface area contributed by atoms with Crippen LogP contribution in [0.4, 0.5) is 4.79 Å². The van der Waals surface area contributed by atoms with Crippen LogP contribution in [0.1, 0.15) is 98.6 Å². The lowest BCUT2D eigenvalue weighted by molar-refractivity contribution is -0.123. The van der Waals surface area contributed by atoms with Gasteiger partial charge in [0.2, 0.25) is 5.91 Å². The van der Waals surface area contributed by atoms with E-state index in [0.717, 1.165) is 65.3 Å². The zero-order valence-corrected chi connectivity index (χ0v) is 27.2. The second kappa shape index (κ2) is 11.4. The molecule has 5 heterocycles. The smallest absolute Gasteiger partial charge is 0.410 e. The second-order valence-corrected chi connectivity index (χ2v) is 14.6. The average molecular weight is 623 g/mol. The number of aromatic nitrogens is 3. The van der Waals surface area contributed by atoms with Crippen LogP contribution in [0, 0.1) is 20.8 Å². The third-order valence-corrected chi connectivity index (χ3v) is 10.1. The van der Waals surface area contributed by atoms with Crippen molar-refractivity contribution in [2.45, 2.75) is 110 Å². The SMILES string of the molecule is Cc1sc2c(c1C)C(c1ccc(Cl)cc1)=NC(CC(=O)NC1CC3CCCC(C1)N3C(=O)OC(C)(C)C)c1nnc(C)n1-2. The second-order valence-electron chi connectivity index (χ2n) is 13.0. The molecule has 3 atom stereocenters. The van der Waals surface area contributed by atoms with Crippen LogP contribution in [0.15, 0.2) is 29.3 Å².